The van der Waals surface area contributed by atoms with Gasteiger partial charge in [-0.15, -0.1) is 0 Å². The van der Waals surface area contributed by atoms with Crippen molar-refractivity contribution >= 4 is 25.4 Å². The summed E-state index contributed by atoms with van der Waals surface area (Å²) in [6.45, 7) is -3.32. The highest BCUT2D eigenvalue weighted by molar-refractivity contribution is 8.13. The van der Waals surface area contributed by atoms with Crippen LogP contribution < -0.4 is 9.47 Å². The molecule has 1 aromatic carbocycles. The molecule has 0 aliphatic carbocycles. The van der Waals surface area contributed by atoms with Crippen molar-refractivity contribution in [2.75, 3.05) is 7.11 Å². The summed E-state index contributed by atoms with van der Waals surface area (Å²) in [5.41, 5.74) is -0.972. The van der Waals surface area contributed by atoms with Crippen molar-refractivity contribution in [1.29, 1.82) is 0 Å². The van der Waals surface area contributed by atoms with Crippen LogP contribution in [0.1, 0.15) is 0 Å². The van der Waals surface area contributed by atoms with Crippen molar-refractivity contribution in [3.63, 3.8) is 0 Å². The van der Waals surface area contributed by atoms with E-state index < -0.39 is 42.7 Å². The van der Waals surface area contributed by atoms with Gasteiger partial charge in [0.15, 0.2) is 0 Å². The first-order valence-electron chi connectivity index (χ1n) is 4.42. The van der Waals surface area contributed by atoms with Crippen LogP contribution in [0.5, 0.6) is 11.5 Å². The molecule has 19 heavy (non-hydrogen) atoms. The minimum absolute atomic E-state index is 0.448. The molecule has 0 saturated carbocycles. The molecule has 0 amide bonds. The fraction of sp³-hybridized carbons (Fsp3) is 0.250. The van der Waals surface area contributed by atoms with E-state index in [4.69, 9.17) is 10.7 Å². The Balaban J connectivity index is 3.55. The van der Waals surface area contributed by atoms with E-state index in [2.05, 4.69) is 9.47 Å². The van der Waals surface area contributed by atoms with Crippen LogP contribution in [0, 0.1) is 10.1 Å². The Morgan fingerprint density at radius 1 is 1.37 bits per heavy atom. The lowest BCUT2D eigenvalue weighted by Crippen LogP contribution is -2.06. The SMILES string of the molecule is COc1cc(OC(F)F)c([N+](=O)[O-])cc1S(=O)(=O)Cl. The van der Waals surface area contributed by atoms with E-state index in [1.54, 1.807) is 0 Å². The molecule has 0 heterocycles. The summed E-state index contributed by atoms with van der Waals surface area (Å²) >= 11 is 0. The van der Waals surface area contributed by atoms with E-state index in [-0.39, 0.29) is 0 Å². The molecule has 1 aromatic rings. The minimum atomic E-state index is -4.35. The maximum absolute atomic E-state index is 12.1. The maximum atomic E-state index is 12.1. The van der Waals surface area contributed by atoms with Crippen molar-refractivity contribution < 1.29 is 31.6 Å². The van der Waals surface area contributed by atoms with E-state index in [0.29, 0.717) is 12.1 Å². The van der Waals surface area contributed by atoms with Crippen molar-refractivity contribution in [2.45, 2.75) is 11.5 Å². The molecular formula is C8H6ClF2NO6S. The molecule has 0 aliphatic rings. The summed E-state index contributed by atoms with van der Waals surface area (Å²) in [6.07, 6.45) is 0. The predicted octanol–water partition coefficient (Wildman–Crippen LogP) is 2.13. The maximum Gasteiger partial charge on any atom is 0.387 e. The highest BCUT2D eigenvalue weighted by Crippen LogP contribution is 2.38. The second-order valence-corrected chi connectivity index (χ2v) is 5.58. The Hall–Kier alpha value is -1.68. The van der Waals surface area contributed by atoms with Crippen molar-refractivity contribution in [3.05, 3.63) is 22.2 Å². The summed E-state index contributed by atoms with van der Waals surface area (Å²) in [5, 5.41) is 10.7. The van der Waals surface area contributed by atoms with Gasteiger partial charge in [0.25, 0.3) is 9.05 Å². The van der Waals surface area contributed by atoms with Gasteiger partial charge in [-0.1, -0.05) is 0 Å². The average Bonchev–Trinajstić information content (AvgIpc) is 2.25. The fourth-order valence-corrected chi connectivity index (χ4v) is 2.21. The van der Waals surface area contributed by atoms with Gasteiger partial charge >= 0.3 is 12.3 Å². The Morgan fingerprint density at radius 2 is 1.95 bits per heavy atom. The van der Waals surface area contributed by atoms with Crippen LogP contribution in [0.15, 0.2) is 17.0 Å². The molecular weight excluding hydrogens is 312 g/mol. The smallest absolute Gasteiger partial charge is 0.387 e. The molecule has 0 atom stereocenters. The largest absolute Gasteiger partial charge is 0.495 e. The van der Waals surface area contributed by atoms with Gasteiger partial charge in [-0.25, -0.2) is 8.42 Å². The zero-order chi connectivity index (χ0) is 14.8. The Kier molecular flexibility index (Phi) is 4.48. The first-order valence-corrected chi connectivity index (χ1v) is 6.73. The molecule has 0 radical (unpaired) electrons. The zero-order valence-electron chi connectivity index (χ0n) is 9.17. The van der Waals surface area contributed by atoms with Gasteiger partial charge in [0.1, 0.15) is 10.6 Å². The third-order valence-electron chi connectivity index (χ3n) is 1.92. The summed E-state index contributed by atoms with van der Waals surface area (Å²) in [5.74, 6) is -1.28. The van der Waals surface area contributed by atoms with E-state index in [9.17, 15) is 27.3 Å². The number of nitro groups is 1. The summed E-state index contributed by atoms with van der Waals surface area (Å²) in [6, 6.07) is 1.14. The molecule has 0 bridgehead atoms. The fourth-order valence-electron chi connectivity index (χ4n) is 1.21. The normalized spacial score (nSPS) is 11.4. The quantitative estimate of drug-likeness (QED) is 0.469. The van der Waals surface area contributed by atoms with Crippen LogP contribution in [-0.4, -0.2) is 27.1 Å². The van der Waals surface area contributed by atoms with Crippen LogP contribution >= 0.6 is 10.7 Å². The average molecular weight is 318 g/mol. The number of nitrogens with zero attached hydrogens (tertiary/aromatic N) is 1. The molecule has 0 aliphatic heterocycles. The molecule has 0 spiro atoms. The lowest BCUT2D eigenvalue weighted by molar-refractivity contribution is -0.386. The second kappa shape index (κ2) is 5.53. The lowest BCUT2D eigenvalue weighted by Gasteiger charge is -2.10. The van der Waals surface area contributed by atoms with Gasteiger partial charge in [0.2, 0.25) is 5.75 Å². The van der Waals surface area contributed by atoms with Crippen LogP contribution in [0.2, 0.25) is 0 Å². The van der Waals surface area contributed by atoms with Crippen molar-refractivity contribution in [2.24, 2.45) is 0 Å². The number of methoxy groups -OCH3 is 1. The number of alkyl halides is 2. The van der Waals surface area contributed by atoms with Gasteiger partial charge in [-0.3, -0.25) is 10.1 Å². The number of halogens is 3. The molecule has 106 valence electrons. The van der Waals surface area contributed by atoms with Crippen molar-refractivity contribution in [3.8, 4) is 11.5 Å². The van der Waals surface area contributed by atoms with Gasteiger partial charge in [-0.05, 0) is 0 Å². The Bertz CT molecular complexity index is 606. The standard InChI is InChI=1S/C8H6ClF2NO6S/c1-17-6-3-5(18-8(10)11)4(12(13)14)2-7(6)19(9,15)16/h2-3,8H,1H3. The van der Waals surface area contributed by atoms with Gasteiger partial charge in [0, 0.05) is 22.8 Å². The minimum Gasteiger partial charge on any atom is -0.495 e. The number of rotatable bonds is 5. The van der Waals surface area contributed by atoms with E-state index in [0.717, 1.165) is 7.11 Å². The van der Waals surface area contributed by atoms with E-state index in [1.165, 1.54) is 0 Å². The Morgan fingerprint density at radius 3 is 2.32 bits per heavy atom. The van der Waals surface area contributed by atoms with Crippen molar-refractivity contribution in [1.82, 2.24) is 0 Å². The number of hydrogen-bond acceptors (Lipinski definition) is 6. The summed E-state index contributed by atoms with van der Waals surface area (Å²) in [4.78, 5) is 8.89. The topological polar surface area (TPSA) is 95.7 Å². The highest BCUT2D eigenvalue weighted by atomic mass is 35.7. The molecule has 0 aromatic heterocycles. The van der Waals surface area contributed by atoms with Gasteiger partial charge < -0.3 is 9.47 Å². The van der Waals surface area contributed by atoms with Gasteiger partial charge in [0.05, 0.1) is 12.0 Å². The molecule has 11 heteroatoms. The van der Waals surface area contributed by atoms with Crippen LogP contribution in [0.4, 0.5) is 14.5 Å². The molecule has 0 N–H and O–H groups in total. The number of hydrogen-bond donors (Lipinski definition) is 0. The first-order chi connectivity index (χ1) is 8.66. The molecule has 0 unspecified atom stereocenters. The molecule has 1 rings (SSSR count). The third kappa shape index (κ3) is 3.64. The van der Waals surface area contributed by atoms with E-state index in [1.807, 2.05) is 0 Å². The highest BCUT2D eigenvalue weighted by Gasteiger charge is 2.27. The van der Waals surface area contributed by atoms with Crippen LogP contribution in [0.3, 0.4) is 0 Å². The number of nitro benzene ring substituents is 1. The summed E-state index contributed by atoms with van der Waals surface area (Å²) in [7, 11) is 1.75. The molecule has 0 fully saturated rings. The first kappa shape index (κ1) is 15.4. The van der Waals surface area contributed by atoms with Crippen LogP contribution in [0.25, 0.3) is 0 Å². The Labute approximate surface area is 110 Å². The predicted molar refractivity (Wildman–Crippen MR) is 59.3 cm³/mol. The number of benzene rings is 1. The third-order valence-corrected chi connectivity index (χ3v) is 3.26. The van der Waals surface area contributed by atoms with Gasteiger partial charge in [-0.2, -0.15) is 8.78 Å². The van der Waals surface area contributed by atoms with Crippen LogP contribution in [-0.2, 0) is 9.05 Å². The monoisotopic (exact) mass is 317 g/mol. The second-order valence-electron chi connectivity index (χ2n) is 3.04. The van der Waals surface area contributed by atoms with E-state index >= 15 is 0 Å². The molecule has 0 saturated heterocycles. The number of ether oxygens (including phenoxy) is 2. The summed E-state index contributed by atoms with van der Waals surface area (Å²) < 4.78 is 55.1. The lowest BCUT2D eigenvalue weighted by atomic mass is 10.3. The zero-order valence-corrected chi connectivity index (χ0v) is 10.7. The molecule has 7 nitrogen and oxygen atoms in total.